The van der Waals surface area contributed by atoms with Crippen LogP contribution in [0.3, 0.4) is 0 Å². The van der Waals surface area contributed by atoms with E-state index in [1.54, 1.807) is 0 Å². The van der Waals surface area contributed by atoms with Crippen LogP contribution in [0, 0.1) is 11.8 Å². The molecule has 0 saturated carbocycles. The van der Waals surface area contributed by atoms with E-state index >= 15 is 0 Å². The quantitative estimate of drug-likeness (QED) is 0.715. The van der Waals surface area contributed by atoms with E-state index in [-0.39, 0.29) is 11.4 Å². The summed E-state index contributed by atoms with van der Waals surface area (Å²) in [6.45, 7) is 0.302. The van der Waals surface area contributed by atoms with Crippen LogP contribution in [0.4, 0.5) is 19.0 Å². The van der Waals surface area contributed by atoms with E-state index in [1.807, 2.05) is 0 Å². The summed E-state index contributed by atoms with van der Waals surface area (Å²) in [4.78, 5) is 3.24. The SMILES string of the molecule is NCCC#Cc1ccc(N)nc1C(F)(F)F. The van der Waals surface area contributed by atoms with E-state index in [9.17, 15) is 13.2 Å². The largest absolute Gasteiger partial charge is 0.434 e. The second-order valence-corrected chi connectivity index (χ2v) is 2.97. The van der Waals surface area contributed by atoms with Gasteiger partial charge in [-0.25, -0.2) is 4.98 Å². The number of nitrogens with zero attached hydrogens (tertiary/aromatic N) is 1. The fraction of sp³-hybridized carbons (Fsp3) is 0.300. The maximum Gasteiger partial charge on any atom is 0.434 e. The Morgan fingerprint density at radius 3 is 2.56 bits per heavy atom. The highest BCUT2D eigenvalue weighted by atomic mass is 19.4. The molecule has 1 rings (SSSR count). The molecule has 6 heteroatoms. The van der Waals surface area contributed by atoms with Gasteiger partial charge in [-0.05, 0) is 12.1 Å². The monoisotopic (exact) mass is 229 g/mol. The second kappa shape index (κ2) is 4.86. The smallest absolute Gasteiger partial charge is 0.384 e. The van der Waals surface area contributed by atoms with Gasteiger partial charge in [0.25, 0.3) is 0 Å². The van der Waals surface area contributed by atoms with E-state index < -0.39 is 11.9 Å². The van der Waals surface area contributed by atoms with Gasteiger partial charge in [-0.15, -0.1) is 0 Å². The highest BCUT2D eigenvalue weighted by Gasteiger charge is 2.35. The number of hydrogen-bond acceptors (Lipinski definition) is 3. The lowest BCUT2D eigenvalue weighted by Gasteiger charge is -2.08. The minimum absolute atomic E-state index is 0.184. The lowest BCUT2D eigenvalue weighted by molar-refractivity contribution is -0.141. The molecule has 0 bridgehead atoms. The highest BCUT2D eigenvalue weighted by Crippen LogP contribution is 2.30. The van der Waals surface area contributed by atoms with Crippen molar-refractivity contribution in [1.82, 2.24) is 4.98 Å². The van der Waals surface area contributed by atoms with Crippen molar-refractivity contribution in [3.63, 3.8) is 0 Å². The van der Waals surface area contributed by atoms with Gasteiger partial charge in [-0.2, -0.15) is 13.2 Å². The highest BCUT2D eigenvalue weighted by molar-refractivity contribution is 5.44. The molecule has 4 N–H and O–H groups in total. The van der Waals surface area contributed by atoms with Crippen molar-refractivity contribution >= 4 is 5.82 Å². The number of hydrogen-bond donors (Lipinski definition) is 2. The summed E-state index contributed by atoms with van der Waals surface area (Å²) in [5.41, 5.74) is 9.14. The molecule has 0 unspecified atom stereocenters. The predicted molar refractivity (Wildman–Crippen MR) is 54.2 cm³/mol. The van der Waals surface area contributed by atoms with E-state index in [0.717, 1.165) is 0 Å². The van der Waals surface area contributed by atoms with Crippen LogP contribution in [0.15, 0.2) is 12.1 Å². The van der Waals surface area contributed by atoms with Gasteiger partial charge in [0.15, 0.2) is 5.69 Å². The number of anilines is 1. The third kappa shape index (κ3) is 3.14. The minimum atomic E-state index is -4.55. The third-order valence-electron chi connectivity index (χ3n) is 1.68. The zero-order chi connectivity index (χ0) is 12.2. The lowest BCUT2D eigenvalue weighted by atomic mass is 10.2. The molecule has 1 heterocycles. The van der Waals surface area contributed by atoms with Crippen LogP contribution in [0.1, 0.15) is 17.7 Å². The zero-order valence-corrected chi connectivity index (χ0v) is 8.30. The molecule has 0 aromatic carbocycles. The summed E-state index contributed by atoms with van der Waals surface area (Å²) in [5, 5.41) is 0. The summed E-state index contributed by atoms with van der Waals surface area (Å²) in [5.74, 6) is 4.72. The van der Waals surface area contributed by atoms with Gasteiger partial charge >= 0.3 is 6.18 Å². The van der Waals surface area contributed by atoms with Gasteiger partial charge in [-0.1, -0.05) is 11.8 Å². The van der Waals surface area contributed by atoms with E-state index in [0.29, 0.717) is 13.0 Å². The van der Waals surface area contributed by atoms with Crippen LogP contribution in [-0.2, 0) is 6.18 Å². The first kappa shape index (κ1) is 12.3. The third-order valence-corrected chi connectivity index (χ3v) is 1.68. The summed E-state index contributed by atoms with van der Waals surface area (Å²) in [7, 11) is 0. The zero-order valence-electron chi connectivity index (χ0n) is 8.30. The Labute approximate surface area is 90.7 Å². The number of rotatable bonds is 1. The molecule has 0 atom stereocenters. The number of pyridine rings is 1. The fourth-order valence-electron chi connectivity index (χ4n) is 1.02. The first-order valence-corrected chi connectivity index (χ1v) is 4.48. The van der Waals surface area contributed by atoms with Gasteiger partial charge in [0.2, 0.25) is 0 Å². The van der Waals surface area contributed by atoms with Crippen molar-refractivity contribution in [2.75, 3.05) is 12.3 Å². The normalized spacial score (nSPS) is 10.8. The molecule has 86 valence electrons. The number of halogens is 3. The Balaban J connectivity index is 3.15. The standard InChI is InChI=1S/C10H10F3N3/c11-10(12,13)9-7(3-1-2-6-14)4-5-8(15)16-9/h4-5H,2,6,14H2,(H2,15,16). The van der Waals surface area contributed by atoms with Gasteiger partial charge < -0.3 is 11.5 Å². The number of nitrogens with two attached hydrogens (primary N) is 2. The number of alkyl halides is 3. The van der Waals surface area contributed by atoms with Crippen LogP contribution in [0.2, 0.25) is 0 Å². The van der Waals surface area contributed by atoms with Crippen molar-refractivity contribution in [2.24, 2.45) is 5.73 Å². The van der Waals surface area contributed by atoms with Crippen molar-refractivity contribution < 1.29 is 13.2 Å². The number of nitrogen functional groups attached to an aromatic ring is 1. The summed E-state index contributed by atoms with van der Waals surface area (Å²) in [6.07, 6.45) is -4.22. The van der Waals surface area contributed by atoms with Crippen LogP contribution in [0.25, 0.3) is 0 Å². The van der Waals surface area contributed by atoms with Gasteiger partial charge in [0.1, 0.15) is 5.82 Å². The second-order valence-electron chi connectivity index (χ2n) is 2.97. The molecule has 1 aromatic heterocycles. The average Bonchev–Trinajstić information content (AvgIpc) is 2.19. The minimum Gasteiger partial charge on any atom is -0.384 e. The molecule has 0 amide bonds. The molecule has 0 radical (unpaired) electrons. The van der Waals surface area contributed by atoms with Crippen LogP contribution < -0.4 is 11.5 Å². The van der Waals surface area contributed by atoms with E-state index in [4.69, 9.17) is 11.5 Å². The van der Waals surface area contributed by atoms with Gasteiger partial charge in [-0.3, -0.25) is 0 Å². The molecular weight excluding hydrogens is 219 g/mol. The van der Waals surface area contributed by atoms with E-state index in [1.165, 1.54) is 12.1 Å². The van der Waals surface area contributed by atoms with E-state index in [2.05, 4.69) is 16.8 Å². The molecule has 0 spiro atoms. The molecule has 0 aliphatic heterocycles. The molecule has 1 aromatic rings. The molecule has 0 aliphatic rings. The first-order chi connectivity index (χ1) is 7.45. The van der Waals surface area contributed by atoms with Crippen molar-refractivity contribution in [2.45, 2.75) is 12.6 Å². The Morgan fingerprint density at radius 1 is 1.31 bits per heavy atom. The molecule has 3 nitrogen and oxygen atoms in total. The molecular formula is C10H10F3N3. The van der Waals surface area contributed by atoms with Crippen LogP contribution in [0.5, 0.6) is 0 Å². The maximum atomic E-state index is 12.5. The Bertz CT molecular complexity index is 429. The molecule has 0 saturated heterocycles. The maximum absolute atomic E-state index is 12.5. The van der Waals surface area contributed by atoms with Crippen molar-refractivity contribution in [3.05, 3.63) is 23.4 Å². The van der Waals surface area contributed by atoms with Crippen molar-refractivity contribution in [3.8, 4) is 11.8 Å². The van der Waals surface area contributed by atoms with Crippen molar-refractivity contribution in [1.29, 1.82) is 0 Å². The Hall–Kier alpha value is -1.74. The summed E-state index contributed by atoms with van der Waals surface area (Å²) < 4.78 is 37.6. The Morgan fingerprint density at radius 2 is 2.00 bits per heavy atom. The average molecular weight is 229 g/mol. The molecule has 0 fully saturated rings. The fourth-order valence-corrected chi connectivity index (χ4v) is 1.02. The Kier molecular flexibility index (Phi) is 3.74. The predicted octanol–water partition coefficient (Wildman–Crippen LogP) is 1.38. The lowest BCUT2D eigenvalue weighted by Crippen LogP contribution is -2.12. The topological polar surface area (TPSA) is 64.9 Å². The summed E-state index contributed by atoms with van der Waals surface area (Å²) in [6, 6.07) is 2.48. The van der Waals surface area contributed by atoms with Crippen LogP contribution in [-0.4, -0.2) is 11.5 Å². The van der Waals surface area contributed by atoms with Gasteiger partial charge in [0, 0.05) is 13.0 Å². The van der Waals surface area contributed by atoms with Gasteiger partial charge in [0.05, 0.1) is 5.56 Å². The molecule has 0 aliphatic carbocycles. The molecule has 16 heavy (non-hydrogen) atoms. The number of aromatic nitrogens is 1. The van der Waals surface area contributed by atoms with Crippen LogP contribution >= 0.6 is 0 Å². The summed E-state index contributed by atoms with van der Waals surface area (Å²) >= 11 is 0. The first-order valence-electron chi connectivity index (χ1n) is 4.48.